The number of hydrogen-bond donors (Lipinski definition) is 2. The second kappa shape index (κ2) is 14.0. The van der Waals surface area contributed by atoms with Crippen LogP contribution >= 0.6 is 15.9 Å². The fraction of sp³-hybridized carbons (Fsp3) is 0.206. The number of piperidine rings is 1. The molecule has 0 spiro atoms. The van der Waals surface area contributed by atoms with Gasteiger partial charge in [0, 0.05) is 24.2 Å². The Morgan fingerprint density at radius 1 is 0.791 bits per heavy atom. The molecule has 1 saturated heterocycles. The number of rotatable bonds is 11. The van der Waals surface area contributed by atoms with E-state index in [1.165, 1.54) is 18.6 Å². The maximum atomic E-state index is 13.4. The molecular weight excluding hydrogens is 610 g/mol. The molecule has 0 saturated carbocycles. The van der Waals surface area contributed by atoms with Crippen LogP contribution in [0.25, 0.3) is 0 Å². The average molecular weight is 643 g/mol. The number of carbonyl (C=O) groups is 3. The van der Waals surface area contributed by atoms with E-state index in [1.54, 1.807) is 41.4 Å². The van der Waals surface area contributed by atoms with Gasteiger partial charge in [0.2, 0.25) is 5.91 Å². The number of amides is 1. The van der Waals surface area contributed by atoms with Crippen LogP contribution in [-0.4, -0.2) is 40.9 Å². The fourth-order valence-electron chi connectivity index (χ4n) is 5.02. The standard InChI is InChI=1S/C34H32BrN3O5/c35-31(43-28-19-15-26(16-20-28)34(41)42)23-32(39)36-38(30-12-6-5-11-29(30)37-21-7-2-8-22-37)27-17-13-25(14-18-27)33(40)24-9-3-1-4-10-24/h1,3-6,9-20,31H,2,7-8,21-23H2,(H,36,39)(H,41,42). The summed E-state index contributed by atoms with van der Waals surface area (Å²) in [6, 6.07) is 30.3. The Kier molecular flexibility index (Phi) is 9.73. The van der Waals surface area contributed by atoms with Gasteiger partial charge < -0.3 is 14.7 Å². The van der Waals surface area contributed by atoms with Crippen LogP contribution in [0.1, 0.15) is 52.0 Å². The highest BCUT2D eigenvalue weighted by Gasteiger charge is 2.23. The molecule has 0 radical (unpaired) electrons. The molecule has 43 heavy (non-hydrogen) atoms. The van der Waals surface area contributed by atoms with Crippen molar-refractivity contribution in [3.63, 3.8) is 0 Å². The lowest BCUT2D eigenvalue weighted by molar-refractivity contribution is -0.121. The monoisotopic (exact) mass is 641 g/mol. The van der Waals surface area contributed by atoms with Crippen molar-refractivity contribution in [2.24, 2.45) is 0 Å². The Bertz CT molecular complexity index is 1560. The van der Waals surface area contributed by atoms with Gasteiger partial charge in [0.1, 0.15) is 5.75 Å². The number of carboxylic acid groups (broad SMARTS) is 1. The van der Waals surface area contributed by atoms with Gasteiger partial charge in [-0.3, -0.25) is 20.0 Å². The van der Waals surface area contributed by atoms with Crippen molar-refractivity contribution in [2.75, 3.05) is 23.0 Å². The van der Waals surface area contributed by atoms with Gasteiger partial charge in [-0.1, -0.05) is 42.5 Å². The lowest BCUT2D eigenvalue weighted by Gasteiger charge is -2.34. The minimum absolute atomic E-state index is 0.0202. The first kappa shape index (κ1) is 29.8. The van der Waals surface area contributed by atoms with Gasteiger partial charge in [-0.25, -0.2) is 4.79 Å². The largest absolute Gasteiger partial charge is 0.479 e. The molecule has 0 bridgehead atoms. The van der Waals surface area contributed by atoms with Crippen molar-refractivity contribution in [2.45, 2.75) is 30.7 Å². The van der Waals surface area contributed by atoms with Gasteiger partial charge in [0.15, 0.2) is 10.8 Å². The molecule has 1 heterocycles. The summed E-state index contributed by atoms with van der Waals surface area (Å²) in [5, 5.41) is 10.2. The lowest BCUT2D eigenvalue weighted by Crippen LogP contribution is -2.41. The van der Waals surface area contributed by atoms with E-state index in [4.69, 9.17) is 9.84 Å². The Hall–Kier alpha value is -4.63. The number of carboxylic acids is 1. The molecule has 1 unspecified atom stereocenters. The van der Waals surface area contributed by atoms with Crippen LogP contribution in [0.5, 0.6) is 5.75 Å². The summed E-state index contributed by atoms with van der Waals surface area (Å²) in [4.78, 5) is 39.9. The van der Waals surface area contributed by atoms with Crippen molar-refractivity contribution in [1.82, 2.24) is 5.43 Å². The molecule has 8 nitrogen and oxygen atoms in total. The van der Waals surface area contributed by atoms with Crippen molar-refractivity contribution in [1.29, 1.82) is 0 Å². The van der Waals surface area contributed by atoms with Gasteiger partial charge >= 0.3 is 5.97 Å². The number of benzene rings is 4. The van der Waals surface area contributed by atoms with E-state index in [9.17, 15) is 14.4 Å². The third kappa shape index (κ3) is 7.61. The van der Waals surface area contributed by atoms with E-state index in [2.05, 4.69) is 32.3 Å². The van der Waals surface area contributed by atoms with E-state index in [1.807, 2.05) is 48.5 Å². The Morgan fingerprint density at radius 3 is 2.07 bits per heavy atom. The maximum Gasteiger partial charge on any atom is 0.335 e. The summed E-state index contributed by atoms with van der Waals surface area (Å²) in [7, 11) is 0. The number of ketones is 1. The molecule has 9 heteroatoms. The zero-order chi connectivity index (χ0) is 30.2. The summed E-state index contributed by atoms with van der Waals surface area (Å²) >= 11 is 3.43. The van der Waals surface area contributed by atoms with Crippen LogP contribution in [0.4, 0.5) is 17.1 Å². The molecule has 5 rings (SSSR count). The SMILES string of the molecule is O=C(CC(Br)Oc1ccc(C(=O)O)cc1)NN(c1ccc(C(=O)c2ccccc2)cc1)c1ccccc1N1CCCCC1. The van der Waals surface area contributed by atoms with Crippen LogP contribution in [0.3, 0.4) is 0 Å². The van der Waals surface area contributed by atoms with Gasteiger partial charge in [-0.2, -0.15) is 0 Å². The van der Waals surface area contributed by atoms with Crippen molar-refractivity contribution in [3.8, 4) is 5.75 Å². The van der Waals surface area contributed by atoms with Gasteiger partial charge in [-0.15, -0.1) is 0 Å². The molecule has 1 aliphatic rings. The van der Waals surface area contributed by atoms with E-state index < -0.39 is 11.0 Å². The van der Waals surface area contributed by atoms with E-state index in [-0.39, 0.29) is 23.7 Å². The smallest absolute Gasteiger partial charge is 0.335 e. The number of ether oxygens (including phenoxy) is 1. The molecule has 1 amide bonds. The number of carbonyl (C=O) groups excluding carboxylic acids is 2. The van der Waals surface area contributed by atoms with Crippen molar-refractivity contribution in [3.05, 3.63) is 120 Å². The first-order valence-electron chi connectivity index (χ1n) is 14.2. The number of nitrogens with one attached hydrogen (secondary N) is 1. The van der Waals surface area contributed by atoms with Crippen LogP contribution in [-0.2, 0) is 4.79 Å². The highest BCUT2D eigenvalue weighted by Crippen LogP contribution is 2.35. The third-order valence-corrected chi connectivity index (χ3v) is 7.70. The topological polar surface area (TPSA) is 99.2 Å². The number of anilines is 3. The third-order valence-electron chi connectivity index (χ3n) is 7.19. The predicted octanol–water partition coefficient (Wildman–Crippen LogP) is 6.97. The molecule has 2 N–H and O–H groups in total. The number of para-hydroxylation sites is 2. The number of hydrazine groups is 1. The number of alkyl halides is 1. The molecular formula is C34H32BrN3O5. The van der Waals surface area contributed by atoms with Crippen molar-refractivity contribution < 1.29 is 24.2 Å². The minimum Gasteiger partial charge on any atom is -0.479 e. The van der Waals surface area contributed by atoms with Gasteiger partial charge in [0.05, 0.1) is 29.0 Å². The van der Waals surface area contributed by atoms with Gasteiger partial charge in [-0.05, 0) is 95.9 Å². The summed E-state index contributed by atoms with van der Waals surface area (Å²) in [5.41, 5.74) is 6.87. The average Bonchev–Trinajstić information content (AvgIpc) is 3.04. The van der Waals surface area contributed by atoms with E-state index in [0.29, 0.717) is 22.6 Å². The van der Waals surface area contributed by atoms with E-state index >= 15 is 0 Å². The highest BCUT2D eigenvalue weighted by atomic mass is 79.9. The van der Waals surface area contributed by atoms with Crippen LogP contribution in [0.2, 0.25) is 0 Å². The predicted molar refractivity (Wildman–Crippen MR) is 170 cm³/mol. The Labute approximate surface area is 259 Å². The van der Waals surface area contributed by atoms with Gasteiger partial charge in [0.25, 0.3) is 0 Å². The molecule has 1 fully saturated rings. The first-order chi connectivity index (χ1) is 20.9. The van der Waals surface area contributed by atoms with Crippen LogP contribution in [0.15, 0.2) is 103 Å². The molecule has 1 aliphatic heterocycles. The summed E-state index contributed by atoms with van der Waals surface area (Å²) < 4.78 is 5.81. The molecule has 220 valence electrons. The second-order valence-corrected chi connectivity index (χ2v) is 11.2. The number of hydrogen-bond acceptors (Lipinski definition) is 6. The fourth-order valence-corrected chi connectivity index (χ4v) is 5.53. The zero-order valence-corrected chi connectivity index (χ0v) is 25.1. The molecule has 1 atom stereocenters. The normalized spacial score (nSPS) is 13.6. The second-order valence-electron chi connectivity index (χ2n) is 10.2. The van der Waals surface area contributed by atoms with Crippen molar-refractivity contribution >= 4 is 50.7 Å². The highest BCUT2D eigenvalue weighted by molar-refractivity contribution is 9.09. The zero-order valence-electron chi connectivity index (χ0n) is 23.5. The molecule has 4 aromatic carbocycles. The van der Waals surface area contributed by atoms with Crippen LogP contribution in [0, 0.1) is 0 Å². The molecule has 4 aromatic rings. The number of nitrogens with zero attached hydrogens (tertiary/aromatic N) is 2. The molecule has 0 aromatic heterocycles. The lowest BCUT2D eigenvalue weighted by atomic mass is 10.0. The number of aromatic carboxylic acids is 1. The van der Waals surface area contributed by atoms with E-state index in [0.717, 1.165) is 37.3 Å². The molecule has 0 aliphatic carbocycles. The van der Waals surface area contributed by atoms with Crippen LogP contribution < -0.4 is 20.1 Å². The minimum atomic E-state index is -1.02. The Morgan fingerprint density at radius 2 is 1.40 bits per heavy atom. The quantitative estimate of drug-likeness (QED) is 0.104. The maximum absolute atomic E-state index is 13.4. The first-order valence-corrected chi connectivity index (χ1v) is 15.1. The summed E-state index contributed by atoms with van der Waals surface area (Å²) in [6.07, 6.45) is 3.38. The number of halogens is 1. The summed E-state index contributed by atoms with van der Waals surface area (Å²) in [6.45, 7) is 1.86. The Balaban J connectivity index is 1.38. The summed E-state index contributed by atoms with van der Waals surface area (Å²) in [5.74, 6) is -0.969.